The van der Waals surface area contributed by atoms with E-state index in [9.17, 15) is 9.59 Å². The largest absolute Gasteiger partial charge is 0.494 e. The topological polar surface area (TPSA) is 101 Å². The summed E-state index contributed by atoms with van der Waals surface area (Å²) in [6.07, 6.45) is 4.96. The Kier molecular flexibility index (Phi) is 7.85. The van der Waals surface area contributed by atoms with Gasteiger partial charge in [0, 0.05) is 37.7 Å². The van der Waals surface area contributed by atoms with Crippen molar-refractivity contribution < 1.29 is 18.8 Å². The van der Waals surface area contributed by atoms with Crippen LogP contribution in [0, 0.1) is 12.8 Å². The van der Waals surface area contributed by atoms with E-state index in [1.54, 1.807) is 18.0 Å². The molecule has 2 amide bonds. The molecule has 9 nitrogen and oxygen atoms in total. The van der Waals surface area contributed by atoms with Crippen LogP contribution in [0.2, 0.25) is 0 Å². The maximum atomic E-state index is 12.6. The Balaban J connectivity index is 1.17. The number of hydrogen-bond acceptors (Lipinski definition) is 7. The minimum absolute atomic E-state index is 0.0315. The zero-order valence-electron chi connectivity index (χ0n) is 22.2. The first-order chi connectivity index (χ1) is 17.1. The number of carbonyl (C=O) groups is 2. The molecule has 2 aromatic rings. The Hall–Kier alpha value is -3.10. The van der Waals surface area contributed by atoms with Gasteiger partial charge in [-0.3, -0.25) is 9.59 Å². The van der Waals surface area contributed by atoms with Crippen LogP contribution in [0.3, 0.4) is 0 Å². The molecular formula is C27H39N5O4. The van der Waals surface area contributed by atoms with Crippen LogP contribution < -0.4 is 15.0 Å². The van der Waals surface area contributed by atoms with Gasteiger partial charge in [-0.05, 0) is 68.7 Å². The third-order valence-corrected chi connectivity index (χ3v) is 7.17. The van der Waals surface area contributed by atoms with Crippen molar-refractivity contribution in [3.63, 3.8) is 0 Å². The first-order valence-corrected chi connectivity index (χ1v) is 13.0. The molecule has 1 atom stereocenters. The molecule has 3 heterocycles. The number of benzene rings is 1. The fourth-order valence-corrected chi connectivity index (χ4v) is 4.80. The monoisotopic (exact) mass is 497 g/mol. The van der Waals surface area contributed by atoms with Gasteiger partial charge in [-0.25, -0.2) is 0 Å². The van der Waals surface area contributed by atoms with Gasteiger partial charge in [0.2, 0.25) is 5.91 Å². The summed E-state index contributed by atoms with van der Waals surface area (Å²) < 4.78 is 11.5. The summed E-state index contributed by atoms with van der Waals surface area (Å²) in [5.74, 6) is 1.93. The van der Waals surface area contributed by atoms with E-state index in [2.05, 4.69) is 41.1 Å². The average molecular weight is 498 g/mol. The molecule has 2 aliphatic rings. The summed E-state index contributed by atoms with van der Waals surface area (Å²) in [5.41, 5.74) is 1.30. The SMILES string of the molecule is Cc1cc(OCCCC2CCN(c3nc(C(C)(C)C)no3)CC2)ccc1C(=O)N[C@H]1CCN(C)C1=O. The lowest BCUT2D eigenvalue weighted by molar-refractivity contribution is -0.128. The molecule has 0 spiro atoms. The number of rotatable bonds is 8. The quantitative estimate of drug-likeness (QED) is 0.555. The molecule has 2 fully saturated rings. The normalized spacial score (nSPS) is 19.1. The molecule has 0 bridgehead atoms. The molecule has 0 radical (unpaired) electrons. The van der Waals surface area contributed by atoms with Crippen molar-refractivity contribution in [3.8, 4) is 5.75 Å². The number of piperidine rings is 1. The standard InChI is InChI=1S/C27H39N5O4/c1-18-17-20(8-9-21(18)23(33)28-22-12-13-31(5)24(22)34)35-16-6-7-19-10-14-32(15-11-19)26-29-25(30-36-26)27(2,3)4/h8-9,17,19,22H,6-7,10-16H2,1-5H3,(H,28,33)/t22-/m0/s1. The smallest absolute Gasteiger partial charge is 0.324 e. The van der Waals surface area contributed by atoms with Gasteiger partial charge in [-0.1, -0.05) is 25.9 Å². The number of nitrogens with one attached hydrogen (secondary N) is 1. The molecule has 2 saturated heterocycles. The first-order valence-electron chi connectivity index (χ1n) is 13.0. The molecular weight excluding hydrogens is 458 g/mol. The summed E-state index contributed by atoms with van der Waals surface area (Å²) in [5, 5.41) is 7.00. The van der Waals surface area contributed by atoms with Gasteiger partial charge in [-0.2, -0.15) is 4.98 Å². The highest BCUT2D eigenvalue weighted by atomic mass is 16.5. The van der Waals surface area contributed by atoms with E-state index in [0.29, 0.717) is 37.1 Å². The number of hydrogen-bond donors (Lipinski definition) is 1. The van der Waals surface area contributed by atoms with Crippen LogP contribution in [0.4, 0.5) is 6.01 Å². The fourth-order valence-electron chi connectivity index (χ4n) is 4.80. The van der Waals surface area contributed by atoms with Crippen molar-refractivity contribution in [2.24, 2.45) is 5.92 Å². The number of amides is 2. The molecule has 2 aliphatic heterocycles. The van der Waals surface area contributed by atoms with Crippen molar-refractivity contribution in [3.05, 3.63) is 35.2 Å². The lowest BCUT2D eigenvalue weighted by atomic mass is 9.92. The van der Waals surface area contributed by atoms with Gasteiger partial charge in [0.05, 0.1) is 6.61 Å². The van der Waals surface area contributed by atoms with Gasteiger partial charge in [0.25, 0.3) is 5.91 Å². The van der Waals surface area contributed by atoms with E-state index in [-0.39, 0.29) is 17.2 Å². The third-order valence-electron chi connectivity index (χ3n) is 7.17. The summed E-state index contributed by atoms with van der Waals surface area (Å²) in [6.45, 7) is 11.3. The maximum Gasteiger partial charge on any atom is 0.324 e. The van der Waals surface area contributed by atoms with Crippen LogP contribution in [0.1, 0.15) is 74.6 Å². The van der Waals surface area contributed by atoms with Gasteiger partial charge in [0.15, 0.2) is 5.82 Å². The molecule has 1 aromatic heterocycles. The Morgan fingerprint density at radius 3 is 2.56 bits per heavy atom. The number of carbonyl (C=O) groups excluding carboxylic acids is 2. The second-order valence-electron chi connectivity index (χ2n) is 11.1. The van der Waals surface area contributed by atoms with E-state index in [1.807, 2.05) is 19.1 Å². The highest BCUT2D eigenvalue weighted by Gasteiger charge is 2.31. The molecule has 4 rings (SSSR count). The van der Waals surface area contributed by atoms with Gasteiger partial charge in [0.1, 0.15) is 11.8 Å². The summed E-state index contributed by atoms with van der Waals surface area (Å²) in [7, 11) is 1.76. The number of likely N-dealkylation sites (tertiary alicyclic amines) is 1. The molecule has 196 valence electrons. The van der Waals surface area contributed by atoms with Crippen molar-refractivity contribution >= 4 is 17.8 Å². The predicted molar refractivity (Wildman–Crippen MR) is 137 cm³/mol. The fraction of sp³-hybridized carbons (Fsp3) is 0.630. The summed E-state index contributed by atoms with van der Waals surface area (Å²) in [4.78, 5) is 33.1. The van der Waals surface area contributed by atoms with E-state index in [0.717, 1.165) is 55.9 Å². The number of aryl methyl sites for hydroxylation is 1. The minimum atomic E-state index is -0.433. The van der Waals surface area contributed by atoms with Gasteiger partial charge < -0.3 is 24.4 Å². The van der Waals surface area contributed by atoms with Crippen LogP contribution >= 0.6 is 0 Å². The van der Waals surface area contributed by atoms with Crippen molar-refractivity contribution in [2.45, 2.75) is 71.3 Å². The molecule has 0 saturated carbocycles. The Morgan fingerprint density at radius 1 is 1.19 bits per heavy atom. The zero-order chi connectivity index (χ0) is 25.9. The maximum absolute atomic E-state index is 12.6. The molecule has 0 aliphatic carbocycles. The number of ether oxygens (including phenoxy) is 1. The zero-order valence-corrected chi connectivity index (χ0v) is 22.2. The molecule has 0 unspecified atom stereocenters. The Morgan fingerprint density at radius 2 is 1.94 bits per heavy atom. The Labute approximate surface area is 213 Å². The number of nitrogens with zero attached hydrogens (tertiary/aromatic N) is 4. The number of likely N-dealkylation sites (N-methyl/N-ethyl adjacent to an activating group) is 1. The molecule has 1 aromatic carbocycles. The van der Waals surface area contributed by atoms with Crippen LogP contribution in [0.15, 0.2) is 22.7 Å². The highest BCUT2D eigenvalue weighted by molar-refractivity contribution is 5.99. The van der Waals surface area contributed by atoms with E-state index >= 15 is 0 Å². The lowest BCUT2D eigenvalue weighted by Gasteiger charge is -2.30. The summed E-state index contributed by atoms with van der Waals surface area (Å²) >= 11 is 0. The van der Waals surface area contributed by atoms with E-state index in [1.165, 1.54) is 0 Å². The lowest BCUT2D eigenvalue weighted by Crippen LogP contribution is -2.40. The van der Waals surface area contributed by atoms with Crippen LogP contribution in [0.25, 0.3) is 0 Å². The highest BCUT2D eigenvalue weighted by Crippen LogP contribution is 2.27. The van der Waals surface area contributed by atoms with Crippen molar-refractivity contribution in [1.29, 1.82) is 0 Å². The first kappa shape index (κ1) is 26.0. The van der Waals surface area contributed by atoms with E-state index < -0.39 is 6.04 Å². The molecule has 9 heteroatoms. The van der Waals surface area contributed by atoms with Crippen LogP contribution in [0.5, 0.6) is 5.75 Å². The Bertz CT molecular complexity index is 1070. The van der Waals surface area contributed by atoms with Gasteiger partial charge >= 0.3 is 6.01 Å². The third kappa shape index (κ3) is 6.17. The van der Waals surface area contributed by atoms with Gasteiger partial charge in [-0.15, -0.1) is 0 Å². The molecule has 36 heavy (non-hydrogen) atoms. The minimum Gasteiger partial charge on any atom is -0.494 e. The predicted octanol–water partition coefficient (Wildman–Crippen LogP) is 3.71. The second-order valence-corrected chi connectivity index (χ2v) is 11.1. The van der Waals surface area contributed by atoms with Crippen LogP contribution in [-0.2, 0) is 10.2 Å². The number of aromatic nitrogens is 2. The summed E-state index contributed by atoms with van der Waals surface area (Å²) in [6, 6.07) is 5.71. The van der Waals surface area contributed by atoms with E-state index in [4.69, 9.17) is 9.26 Å². The van der Waals surface area contributed by atoms with Crippen molar-refractivity contribution in [1.82, 2.24) is 20.4 Å². The second kappa shape index (κ2) is 10.9. The van der Waals surface area contributed by atoms with Crippen LogP contribution in [-0.4, -0.2) is 66.2 Å². The number of anilines is 1. The van der Waals surface area contributed by atoms with Crippen molar-refractivity contribution in [2.75, 3.05) is 38.2 Å². The average Bonchev–Trinajstić information content (AvgIpc) is 3.46. The molecule has 1 N–H and O–H groups in total.